The number of carbonyl (C=O) groups is 1. The standard InChI is InChI=1S/C19H22N4O2/c20-18-14(3-1-5-15(18)19(21)25)11-23-16-7-6-12(9-17(16)24)13-4-2-8-22-10-13/h1,3,5-7,9,11,13,20,22-24H,2,4,8,10H2,(H2,21,25)/b14-11-,20-18?/t13-/m1/s1. The molecule has 1 aromatic carbocycles. The van der Waals surface area contributed by atoms with E-state index in [9.17, 15) is 9.90 Å². The number of phenols is 1. The Morgan fingerprint density at radius 3 is 2.96 bits per heavy atom. The first-order chi connectivity index (χ1) is 12.1. The monoisotopic (exact) mass is 338 g/mol. The van der Waals surface area contributed by atoms with Gasteiger partial charge in [0, 0.05) is 18.3 Å². The van der Waals surface area contributed by atoms with E-state index in [1.54, 1.807) is 24.4 Å². The van der Waals surface area contributed by atoms with Crippen molar-refractivity contribution in [3.63, 3.8) is 0 Å². The zero-order chi connectivity index (χ0) is 17.8. The molecule has 3 rings (SSSR count). The largest absolute Gasteiger partial charge is 0.506 e. The normalized spacial score (nSPS) is 21.9. The summed E-state index contributed by atoms with van der Waals surface area (Å²) in [7, 11) is 0. The van der Waals surface area contributed by atoms with Crippen LogP contribution in [0.2, 0.25) is 0 Å². The van der Waals surface area contributed by atoms with Gasteiger partial charge in [0.1, 0.15) is 5.75 Å². The van der Waals surface area contributed by atoms with Gasteiger partial charge in [-0.3, -0.25) is 10.2 Å². The molecule has 130 valence electrons. The van der Waals surface area contributed by atoms with Crippen LogP contribution in [0.15, 0.2) is 53.8 Å². The Bertz CT molecular complexity index is 787. The fourth-order valence-electron chi connectivity index (χ4n) is 3.11. The number of benzene rings is 1. The van der Waals surface area contributed by atoms with Crippen LogP contribution in [0.5, 0.6) is 5.75 Å². The number of nitrogens with two attached hydrogens (primary N) is 1. The van der Waals surface area contributed by atoms with Gasteiger partial charge in [-0.2, -0.15) is 0 Å². The first kappa shape index (κ1) is 17.0. The quantitative estimate of drug-likeness (QED) is 0.542. The molecule has 0 aromatic heterocycles. The predicted octanol–water partition coefficient (Wildman–Crippen LogP) is 2.16. The molecule has 1 amide bonds. The number of anilines is 1. The van der Waals surface area contributed by atoms with Crippen molar-refractivity contribution in [2.45, 2.75) is 18.8 Å². The average Bonchev–Trinajstić information content (AvgIpc) is 2.62. The van der Waals surface area contributed by atoms with Crippen LogP contribution >= 0.6 is 0 Å². The van der Waals surface area contributed by atoms with Crippen molar-refractivity contribution >= 4 is 17.3 Å². The van der Waals surface area contributed by atoms with Crippen LogP contribution in [-0.4, -0.2) is 29.8 Å². The molecule has 0 radical (unpaired) electrons. The smallest absolute Gasteiger partial charge is 0.250 e. The lowest BCUT2D eigenvalue weighted by atomic mass is 9.91. The number of aromatic hydroxyl groups is 1. The SMILES string of the molecule is N=C1C(C(N)=O)=CC=C/C1=C/Nc1ccc([C@@H]2CCCNC2)cc1O. The van der Waals surface area contributed by atoms with Gasteiger partial charge in [0.15, 0.2) is 0 Å². The third kappa shape index (κ3) is 3.80. The van der Waals surface area contributed by atoms with Gasteiger partial charge in [-0.1, -0.05) is 18.2 Å². The predicted molar refractivity (Wildman–Crippen MR) is 98.8 cm³/mol. The molecule has 25 heavy (non-hydrogen) atoms. The molecule has 6 heteroatoms. The molecule has 0 saturated carbocycles. The average molecular weight is 338 g/mol. The topological polar surface area (TPSA) is 111 Å². The number of carbonyl (C=O) groups excluding carboxylic acids is 1. The maximum atomic E-state index is 11.3. The second-order valence-electron chi connectivity index (χ2n) is 6.24. The molecule has 1 saturated heterocycles. The van der Waals surface area contributed by atoms with Crippen molar-refractivity contribution in [1.29, 1.82) is 5.41 Å². The van der Waals surface area contributed by atoms with E-state index in [1.165, 1.54) is 6.08 Å². The summed E-state index contributed by atoms with van der Waals surface area (Å²) in [6, 6.07) is 5.63. The summed E-state index contributed by atoms with van der Waals surface area (Å²) < 4.78 is 0. The first-order valence-electron chi connectivity index (χ1n) is 8.34. The maximum absolute atomic E-state index is 11.3. The van der Waals surface area contributed by atoms with Crippen LogP contribution in [0.4, 0.5) is 5.69 Å². The highest BCUT2D eigenvalue weighted by Crippen LogP contribution is 2.31. The molecular weight excluding hydrogens is 316 g/mol. The van der Waals surface area contributed by atoms with E-state index in [4.69, 9.17) is 11.1 Å². The Labute approximate surface area is 146 Å². The number of hydrogen-bond donors (Lipinski definition) is 5. The molecule has 1 aliphatic heterocycles. The van der Waals surface area contributed by atoms with Gasteiger partial charge >= 0.3 is 0 Å². The number of rotatable bonds is 4. The highest BCUT2D eigenvalue weighted by atomic mass is 16.3. The summed E-state index contributed by atoms with van der Waals surface area (Å²) in [4.78, 5) is 11.3. The molecule has 1 aliphatic carbocycles. The van der Waals surface area contributed by atoms with Gasteiger partial charge in [0.25, 0.3) is 5.91 Å². The molecule has 0 spiro atoms. The molecule has 1 heterocycles. The lowest BCUT2D eigenvalue weighted by Gasteiger charge is -2.23. The van der Waals surface area contributed by atoms with E-state index in [2.05, 4.69) is 10.6 Å². The highest BCUT2D eigenvalue weighted by molar-refractivity contribution is 6.28. The van der Waals surface area contributed by atoms with Crippen molar-refractivity contribution < 1.29 is 9.90 Å². The minimum atomic E-state index is -0.631. The Kier molecular flexibility index (Phi) is 5.00. The van der Waals surface area contributed by atoms with Gasteiger partial charge in [-0.15, -0.1) is 0 Å². The van der Waals surface area contributed by atoms with Crippen molar-refractivity contribution in [3.05, 3.63) is 59.3 Å². The zero-order valence-electron chi connectivity index (χ0n) is 13.9. The fourth-order valence-corrected chi connectivity index (χ4v) is 3.11. The Hall–Kier alpha value is -2.86. The number of piperidine rings is 1. The van der Waals surface area contributed by atoms with E-state index in [-0.39, 0.29) is 17.0 Å². The van der Waals surface area contributed by atoms with E-state index >= 15 is 0 Å². The second-order valence-corrected chi connectivity index (χ2v) is 6.24. The third-order valence-electron chi connectivity index (χ3n) is 4.54. The van der Waals surface area contributed by atoms with Crippen molar-refractivity contribution in [2.75, 3.05) is 18.4 Å². The van der Waals surface area contributed by atoms with Gasteiger partial charge in [0.2, 0.25) is 0 Å². The fraction of sp³-hybridized carbons (Fsp3) is 0.263. The summed E-state index contributed by atoms with van der Waals surface area (Å²) in [5.41, 5.74) is 7.69. The number of allylic oxidation sites excluding steroid dienone is 4. The number of hydrogen-bond acceptors (Lipinski definition) is 5. The van der Waals surface area contributed by atoms with Crippen LogP contribution in [0, 0.1) is 5.41 Å². The van der Waals surface area contributed by atoms with Crippen LogP contribution in [0.3, 0.4) is 0 Å². The molecule has 0 unspecified atom stereocenters. The minimum absolute atomic E-state index is 0.0619. The molecule has 1 fully saturated rings. The molecule has 1 atom stereocenters. The second kappa shape index (κ2) is 7.36. The summed E-state index contributed by atoms with van der Waals surface area (Å²) in [6.07, 6.45) is 8.75. The zero-order valence-corrected chi connectivity index (χ0v) is 13.9. The van der Waals surface area contributed by atoms with Crippen molar-refractivity contribution in [2.24, 2.45) is 5.73 Å². The molecular formula is C19H22N4O2. The lowest BCUT2D eigenvalue weighted by molar-refractivity contribution is -0.114. The number of phenolic OH excluding ortho intramolecular Hbond substituents is 1. The van der Waals surface area contributed by atoms with Crippen LogP contribution < -0.4 is 16.4 Å². The van der Waals surface area contributed by atoms with E-state index in [0.29, 0.717) is 17.2 Å². The first-order valence-corrected chi connectivity index (χ1v) is 8.34. The minimum Gasteiger partial charge on any atom is -0.506 e. The summed E-state index contributed by atoms with van der Waals surface area (Å²) in [6.45, 7) is 1.98. The number of nitrogens with one attached hydrogen (secondary N) is 3. The van der Waals surface area contributed by atoms with Crippen LogP contribution in [-0.2, 0) is 4.79 Å². The van der Waals surface area contributed by atoms with Crippen LogP contribution in [0.25, 0.3) is 0 Å². The van der Waals surface area contributed by atoms with Crippen molar-refractivity contribution in [1.82, 2.24) is 5.32 Å². The summed E-state index contributed by atoms with van der Waals surface area (Å²) in [5.74, 6) is -0.0461. The molecule has 2 aliphatic rings. The Morgan fingerprint density at radius 2 is 2.28 bits per heavy atom. The maximum Gasteiger partial charge on any atom is 0.250 e. The number of primary amides is 1. The molecule has 6 nitrogen and oxygen atoms in total. The lowest BCUT2D eigenvalue weighted by Crippen LogP contribution is -2.28. The third-order valence-corrected chi connectivity index (χ3v) is 4.54. The van der Waals surface area contributed by atoms with E-state index in [1.807, 2.05) is 12.1 Å². The summed E-state index contributed by atoms with van der Waals surface area (Å²) >= 11 is 0. The Morgan fingerprint density at radius 1 is 1.44 bits per heavy atom. The molecule has 6 N–H and O–H groups in total. The molecule has 0 bridgehead atoms. The molecule has 1 aromatic rings. The summed E-state index contributed by atoms with van der Waals surface area (Å²) in [5, 5.41) is 24.7. The van der Waals surface area contributed by atoms with Crippen LogP contribution in [0.1, 0.15) is 24.3 Å². The van der Waals surface area contributed by atoms with Gasteiger partial charge < -0.3 is 21.5 Å². The Balaban J connectivity index is 1.73. The van der Waals surface area contributed by atoms with Gasteiger partial charge in [-0.05, 0) is 49.1 Å². The van der Waals surface area contributed by atoms with Gasteiger partial charge in [0.05, 0.1) is 17.0 Å². The van der Waals surface area contributed by atoms with E-state index in [0.717, 1.165) is 31.5 Å². The van der Waals surface area contributed by atoms with E-state index < -0.39 is 5.91 Å². The highest BCUT2D eigenvalue weighted by Gasteiger charge is 2.18. The van der Waals surface area contributed by atoms with Gasteiger partial charge in [-0.25, -0.2) is 0 Å². The number of amides is 1. The van der Waals surface area contributed by atoms with Crippen molar-refractivity contribution in [3.8, 4) is 5.75 Å².